The molecule has 1 amide bonds. The summed E-state index contributed by atoms with van der Waals surface area (Å²) in [6.45, 7) is 1.20. The molecule has 1 unspecified atom stereocenters. The summed E-state index contributed by atoms with van der Waals surface area (Å²) in [5.74, 6) is 0.620. The molecule has 6 nitrogen and oxygen atoms in total. The number of carbonyl (C=O) groups is 1. The Hall–Kier alpha value is -3.19. The lowest BCUT2D eigenvalue weighted by molar-refractivity contribution is -0.0247. The van der Waals surface area contributed by atoms with Crippen molar-refractivity contribution in [1.29, 1.82) is 0 Å². The summed E-state index contributed by atoms with van der Waals surface area (Å²) in [6, 6.07) is 11.5. The molecule has 0 bridgehead atoms. The van der Waals surface area contributed by atoms with E-state index in [9.17, 15) is 9.18 Å². The zero-order chi connectivity index (χ0) is 20.4. The molecule has 0 radical (unpaired) electrons. The first kappa shape index (κ1) is 19.1. The number of benzene rings is 2. The molecule has 1 aromatic heterocycles. The molecule has 1 aliphatic rings. The van der Waals surface area contributed by atoms with Crippen LogP contribution in [0.3, 0.4) is 0 Å². The third-order valence-corrected chi connectivity index (χ3v) is 5.03. The van der Waals surface area contributed by atoms with Crippen molar-refractivity contribution >= 4 is 16.7 Å². The van der Waals surface area contributed by atoms with Crippen LogP contribution < -0.4 is 9.47 Å². The molecular weight excluding hydrogens is 375 g/mol. The molecule has 1 saturated heterocycles. The quantitative estimate of drug-likeness (QED) is 0.674. The molecule has 2 heterocycles. The molecule has 4 rings (SSSR count). The topological polar surface area (TPSA) is 60.9 Å². The van der Waals surface area contributed by atoms with Crippen LogP contribution in [0.1, 0.15) is 22.2 Å². The highest BCUT2D eigenvalue weighted by Crippen LogP contribution is 2.29. The SMILES string of the molecule is COc1ccc(C(=O)N2CCOC(c3cc4cc(F)ccc4cn3)C2)c(OC)c1. The van der Waals surface area contributed by atoms with Crippen molar-refractivity contribution in [1.82, 2.24) is 9.88 Å². The van der Waals surface area contributed by atoms with E-state index in [0.29, 0.717) is 42.5 Å². The lowest BCUT2D eigenvalue weighted by Gasteiger charge is -2.33. The van der Waals surface area contributed by atoms with Gasteiger partial charge in [-0.2, -0.15) is 0 Å². The van der Waals surface area contributed by atoms with Crippen molar-refractivity contribution in [3.63, 3.8) is 0 Å². The summed E-state index contributed by atoms with van der Waals surface area (Å²) in [5.41, 5.74) is 1.13. The number of fused-ring (bicyclic) bond motifs is 1. The normalized spacial score (nSPS) is 16.7. The number of methoxy groups -OCH3 is 2. The number of nitrogens with zero attached hydrogens (tertiary/aromatic N) is 2. The van der Waals surface area contributed by atoms with Crippen molar-refractivity contribution < 1.29 is 23.4 Å². The number of pyridine rings is 1. The van der Waals surface area contributed by atoms with E-state index in [2.05, 4.69) is 4.98 Å². The summed E-state index contributed by atoms with van der Waals surface area (Å²) < 4.78 is 30.0. The Bertz CT molecular complexity index is 1060. The van der Waals surface area contributed by atoms with Crippen molar-refractivity contribution in [3.8, 4) is 11.5 Å². The lowest BCUT2D eigenvalue weighted by Crippen LogP contribution is -2.42. The Morgan fingerprint density at radius 3 is 2.79 bits per heavy atom. The summed E-state index contributed by atoms with van der Waals surface area (Å²) >= 11 is 0. The number of morpholine rings is 1. The highest BCUT2D eigenvalue weighted by atomic mass is 19.1. The van der Waals surface area contributed by atoms with Crippen LogP contribution in [0.2, 0.25) is 0 Å². The molecular formula is C22H21FN2O4. The second kappa shape index (κ2) is 8.05. The van der Waals surface area contributed by atoms with Gasteiger partial charge in [-0.05, 0) is 41.8 Å². The fraction of sp³-hybridized carbons (Fsp3) is 0.273. The number of rotatable bonds is 4. The molecule has 7 heteroatoms. The van der Waals surface area contributed by atoms with E-state index < -0.39 is 0 Å². The lowest BCUT2D eigenvalue weighted by atomic mass is 10.1. The molecule has 0 spiro atoms. The monoisotopic (exact) mass is 396 g/mol. The first-order chi connectivity index (χ1) is 14.1. The van der Waals surface area contributed by atoms with Crippen LogP contribution in [0.25, 0.3) is 10.8 Å². The minimum absolute atomic E-state index is 0.148. The van der Waals surface area contributed by atoms with Crippen LogP contribution in [-0.4, -0.2) is 49.7 Å². The fourth-order valence-corrected chi connectivity index (χ4v) is 3.46. The van der Waals surface area contributed by atoms with E-state index in [-0.39, 0.29) is 17.8 Å². The number of carbonyl (C=O) groups excluding carboxylic acids is 1. The molecule has 0 N–H and O–H groups in total. The molecule has 0 aliphatic carbocycles. The van der Waals surface area contributed by atoms with Gasteiger partial charge in [-0.3, -0.25) is 9.78 Å². The summed E-state index contributed by atoms with van der Waals surface area (Å²) in [7, 11) is 3.08. The number of ether oxygens (including phenoxy) is 3. The van der Waals surface area contributed by atoms with Gasteiger partial charge in [-0.1, -0.05) is 0 Å². The maximum absolute atomic E-state index is 13.6. The van der Waals surface area contributed by atoms with Crippen LogP contribution >= 0.6 is 0 Å². The van der Waals surface area contributed by atoms with E-state index in [4.69, 9.17) is 14.2 Å². The Morgan fingerprint density at radius 2 is 2.00 bits per heavy atom. The predicted octanol–water partition coefficient (Wildman–Crippen LogP) is 3.60. The van der Waals surface area contributed by atoms with Crippen molar-refractivity contribution in [2.24, 2.45) is 0 Å². The van der Waals surface area contributed by atoms with E-state index in [1.165, 1.54) is 19.2 Å². The highest BCUT2D eigenvalue weighted by Gasteiger charge is 2.28. The van der Waals surface area contributed by atoms with E-state index in [1.807, 2.05) is 6.07 Å². The van der Waals surface area contributed by atoms with Crippen LogP contribution in [0.5, 0.6) is 11.5 Å². The maximum Gasteiger partial charge on any atom is 0.257 e. The third kappa shape index (κ3) is 3.86. The Morgan fingerprint density at radius 1 is 1.14 bits per heavy atom. The molecule has 29 heavy (non-hydrogen) atoms. The first-order valence-electron chi connectivity index (χ1n) is 9.27. The van der Waals surface area contributed by atoms with Gasteiger partial charge in [0, 0.05) is 24.2 Å². The van der Waals surface area contributed by atoms with Gasteiger partial charge in [0.05, 0.1) is 38.6 Å². The second-order valence-electron chi connectivity index (χ2n) is 6.78. The molecule has 150 valence electrons. The van der Waals surface area contributed by atoms with Crippen LogP contribution in [-0.2, 0) is 4.74 Å². The number of halogens is 1. The molecule has 1 atom stereocenters. The van der Waals surface area contributed by atoms with Gasteiger partial charge < -0.3 is 19.1 Å². The Labute approximate surface area is 167 Å². The van der Waals surface area contributed by atoms with Crippen LogP contribution in [0.15, 0.2) is 48.7 Å². The molecule has 2 aromatic carbocycles. The molecule has 1 aliphatic heterocycles. The van der Waals surface area contributed by atoms with Gasteiger partial charge in [-0.15, -0.1) is 0 Å². The Balaban J connectivity index is 1.57. The number of amides is 1. The predicted molar refractivity (Wildman–Crippen MR) is 106 cm³/mol. The number of aromatic nitrogens is 1. The van der Waals surface area contributed by atoms with Gasteiger partial charge >= 0.3 is 0 Å². The average Bonchev–Trinajstić information content (AvgIpc) is 2.77. The molecule has 3 aromatic rings. The average molecular weight is 396 g/mol. The minimum Gasteiger partial charge on any atom is -0.497 e. The van der Waals surface area contributed by atoms with Crippen LogP contribution in [0.4, 0.5) is 4.39 Å². The fourth-order valence-electron chi connectivity index (χ4n) is 3.46. The number of hydrogen-bond donors (Lipinski definition) is 0. The van der Waals surface area contributed by atoms with Crippen molar-refractivity contribution in [2.45, 2.75) is 6.10 Å². The van der Waals surface area contributed by atoms with Gasteiger partial charge in [-0.25, -0.2) is 4.39 Å². The largest absolute Gasteiger partial charge is 0.497 e. The second-order valence-corrected chi connectivity index (χ2v) is 6.78. The zero-order valence-corrected chi connectivity index (χ0v) is 16.2. The van der Waals surface area contributed by atoms with E-state index in [1.54, 1.807) is 42.5 Å². The van der Waals surface area contributed by atoms with Gasteiger partial charge in [0.2, 0.25) is 0 Å². The van der Waals surface area contributed by atoms with Gasteiger partial charge in [0.15, 0.2) is 0 Å². The smallest absolute Gasteiger partial charge is 0.257 e. The van der Waals surface area contributed by atoms with Crippen LogP contribution in [0, 0.1) is 5.82 Å². The van der Waals surface area contributed by atoms with E-state index in [0.717, 1.165) is 10.8 Å². The zero-order valence-electron chi connectivity index (χ0n) is 16.2. The summed E-state index contributed by atoms with van der Waals surface area (Å²) in [5, 5.41) is 1.60. The first-order valence-corrected chi connectivity index (χ1v) is 9.27. The van der Waals surface area contributed by atoms with Gasteiger partial charge in [0.25, 0.3) is 5.91 Å². The van der Waals surface area contributed by atoms with Crippen molar-refractivity contribution in [2.75, 3.05) is 33.9 Å². The number of hydrogen-bond acceptors (Lipinski definition) is 5. The summed E-state index contributed by atoms with van der Waals surface area (Å²) in [6.07, 6.45) is 1.31. The summed E-state index contributed by atoms with van der Waals surface area (Å²) in [4.78, 5) is 19.3. The Kier molecular flexibility index (Phi) is 5.31. The maximum atomic E-state index is 13.6. The van der Waals surface area contributed by atoms with E-state index >= 15 is 0 Å². The molecule has 0 saturated carbocycles. The van der Waals surface area contributed by atoms with Gasteiger partial charge in [0.1, 0.15) is 23.4 Å². The standard InChI is InChI=1S/C22H21FN2O4/c1-27-17-5-6-18(20(11-17)28-2)22(26)25-7-8-29-21(13-25)19-10-15-9-16(23)4-3-14(15)12-24-19/h3-6,9-12,21H,7-8,13H2,1-2H3. The highest BCUT2D eigenvalue weighted by molar-refractivity contribution is 5.97. The minimum atomic E-state index is -0.385. The van der Waals surface area contributed by atoms with Crippen molar-refractivity contribution in [3.05, 3.63) is 65.7 Å². The molecule has 1 fully saturated rings. The third-order valence-electron chi connectivity index (χ3n) is 5.03.